The second-order valence-electron chi connectivity index (χ2n) is 10.4. The van der Waals surface area contributed by atoms with Crippen LogP contribution in [0.25, 0.3) is 0 Å². The minimum absolute atomic E-state index is 0.177. The summed E-state index contributed by atoms with van der Waals surface area (Å²) in [5.41, 5.74) is 6.12. The molecule has 0 amide bonds. The van der Waals surface area contributed by atoms with E-state index in [4.69, 9.17) is 0 Å². The van der Waals surface area contributed by atoms with Gasteiger partial charge >= 0.3 is 0 Å². The van der Waals surface area contributed by atoms with Crippen LogP contribution >= 0.6 is 0 Å². The van der Waals surface area contributed by atoms with Crippen LogP contribution in [0, 0.1) is 23.2 Å². The lowest BCUT2D eigenvalue weighted by Gasteiger charge is -2.44. The first kappa shape index (κ1) is 21.6. The quantitative estimate of drug-likeness (QED) is 0.487. The Hall–Kier alpha value is -1.08. The maximum Gasteiger partial charge on any atom is 0.0583 e. The van der Waals surface area contributed by atoms with Gasteiger partial charge in [0.25, 0.3) is 0 Å². The molecule has 1 nitrogen and oxygen atoms in total. The third-order valence-electron chi connectivity index (χ3n) is 8.09. The highest BCUT2D eigenvalue weighted by molar-refractivity contribution is 5.36. The van der Waals surface area contributed by atoms with E-state index < -0.39 is 0 Å². The van der Waals surface area contributed by atoms with Crippen molar-refractivity contribution in [3.63, 3.8) is 0 Å². The summed E-state index contributed by atoms with van der Waals surface area (Å²) in [6.45, 7) is 13.8. The molecule has 0 unspecified atom stereocenters. The van der Waals surface area contributed by atoms with E-state index in [1.807, 2.05) is 0 Å². The van der Waals surface area contributed by atoms with Gasteiger partial charge in [-0.05, 0) is 107 Å². The molecule has 0 aromatic carbocycles. The number of allylic oxidation sites excluding steroid dienone is 6. The van der Waals surface area contributed by atoms with Gasteiger partial charge in [0.15, 0.2) is 0 Å². The zero-order valence-corrected chi connectivity index (χ0v) is 18.8. The summed E-state index contributed by atoms with van der Waals surface area (Å²) in [7, 11) is 0. The third-order valence-corrected chi connectivity index (χ3v) is 8.09. The number of rotatable bonds is 5. The highest BCUT2D eigenvalue weighted by Gasteiger charge is 2.50. The molecule has 0 aromatic rings. The molecule has 156 valence electrons. The molecule has 0 heterocycles. The molecular formula is C27H42O. The van der Waals surface area contributed by atoms with Gasteiger partial charge in [0.05, 0.1) is 6.10 Å². The van der Waals surface area contributed by atoms with E-state index in [2.05, 4.69) is 52.5 Å². The van der Waals surface area contributed by atoms with Crippen LogP contribution < -0.4 is 0 Å². The number of aliphatic hydroxyl groups is 1. The topological polar surface area (TPSA) is 20.2 Å². The molecule has 1 N–H and O–H groups in total. The van der Waals surface area contributed by atoms with Gasteiger partial charge in [-0.1, -0.05) is 55.4 Å². The van der Waals surface area contributed by atoms with E-state index >= 15 is 0 Å². The second kappa shape index (κ2) is 9.16. The summed E-state index contributed by atoms with van der Waals surface area (Å²) in [5, 5.41) is 10.0. The zero-order valence-electron chi connectivity index (χ0n) is 18.8. The fourth-order valence-electron chi connectivity index (χ4n) is 6.45. The second-order valence-corrected chi connectivity index (χ2v) is 10.4. The minimum atomic E-state index is -0.177. The lowest BCUT2D eigenvalue weighted by atomic mass is 9.60. The Morgan fingerprint density at radius 3 is 2.75 bits per heavy atom. The van der Waals surface area contributed by atoms with Crippen molar-refractivity contribution in [1.82, 2.24) is 0 Å². The maximum absolute atomic E-state index is 10.0. The lowest BCUT2D eigenvalue weighted by Crippen LogP contribution is -2.36. The van der Waals surface area contributed by atoms with Gasteiger partial charge in [-0.15, -0.1) is 0 Å². The number of hydrogen-bond acceptors (Lipinski definition) is 1. The van der Waals surface area contributed by atoms with Gasteiger partial charge in [0, 0.05) is 0 Å². The van der Waals surface area contributed by atoms with Crippen LogP contribution in [-0.2, 0) is 0 Å². The largest absolute Gasteiger partial charge is 0.393 e. The summed E-state index contributed by atoms with van der Waals surface area (Å²) in [5.74, 6) is 2.44. The summed E-state index contributed by atoms with van der Waals surface area (Å²) in [6, 6.07) is 0. The SMILES string of the molecule is C=C1CC[C@H](O)C/C1=C/C=C1\CCC[C@]2(C)[C@@H]([C@H](C)CCC=C(C)C)CC[C@@H]12. The average molecular weight is 383 g/mol. The summed E-state index contributed by atoms with van der Waals surface area (Å²) in [6.07, 6.45) is 18.9. The fraction of sp³-hybridized carbons (Fsp3) is 0.704. The van der Waals surface area contributed by atoms with Crippen LogP contribution in [-0.4, -0.2) is 11.2 Å². The van der Waals surface area contributed by atoms with E-state index in [-0.39, 0.29) is 6.10 Å². The van der Waals surface area contributed by atoms with Crippen LogP contribution in [0.4, 0.5) is 0 Å². The normalized spacial score (nSPS) is 37.2. The molecule has 0 aromatic heterocycles. The van der Waals surface area contributed by atoms with E-state index in [1.165, 1.54) is 61.7 Å². The molecule has 0 radical (unpaired) electrons. The van der Waals surface area contributed by atoms with Gasteiger partial charge in [0.2, 0.25) is 0 Å². The Morgan fingerprint density at radius 1 is 1.21 bits per heavy atom. The Kier molecular flexibility index (Phi) is 7.07. The lowest BCUT2D eigenvalue weighted by molar-refractivity contribution is 0.0946. The van der Waals surface area contributed by atoms with E-state index in [9.17, 15) is 5.11 Å². The molecule has 3 aliphatic rings. The molecule has 0 bridgehead atoms. The average Bonchev–Trinajstić information content (AvgIpc) is 2.99. The van der Waals surface area contributed by atoms with Crippen LogP contribution in [0.15, 0.2) is 47.1 Å². The van der Waals surface area contributed by atoms with E-state index in [1.54, 1.807) is 5.57 Å². The smallest absolute Gasteiger partial charge is 0.0583 e. The van der Waals surface area contributed by atoms with Gasteiger partial charge in [-0.25, -0.2) is 0 Å². The van der Waals surface area contributed by atoms with Crippen LogP contribution in [0.5, 0.6) is 0 Å². The third kappa shape index (κ3) is 4.73. The number of hydrogen-bond donors (Lipinski definition) is 1. The predicted molar refractivity (Wildman–Crippen MR) is 121 cm³/mol. The molecule has 5 atom stereocenters. The molecular weight excluding hydrogens is 340 g/mol. The molecule has 1 heteroatoms. The fourth-order valence-corrected chi connectivity index (χ4v) is 6.45. The van der Waals surface area contributed by atoms with Gasteiger partial charge < -0.3 is 5.11 Å². The van der Waals surface area contributed by atoms with Crippen LogP contribution in [0.3, 0.4) is 0 Å². The van der Waals surface area contributed by atoms with Crippen molar-refractivity contribution < 1.29 is 5.11 Å². The molecule has 3 rings (SSSR count). The molecule has 3 fully saturated rings. The van der Waals surface area contributed by atoms with Crippen LogP contribution in [0.2, 0.25) is 0 Å². The van der Waals surface area contributed by atoms with Gasteiger partial charge in [-0.3, -0.25) is 0 Å². The van der Waals surface area contributed by atoms with Crippen LogP contribution in [0.1, 0.15) is 91.9 Å². The molecule has 0 saturated heterocycles. The monoisotopic (exact) mass is 382 g/mol. The van der Waals surface area contributed by atoms with Crippen molar-refractivity contribution >= 4 is 0 Å². The van der Waals surface area contributed by atoms with Gasteiger partial charge in [0.1, 0.15) is 0 Å². The number of fused-ring (bicyclic) bond motifs is 1. The minimum Gasteiger partial charge on any atom is -0.393 e. The Balaban J connectivity index is 1.72. The van der Waals surface area contributed by atoms with Crippen molar-refractivity contribution in [2.45, 2.75) is 98.0 Å². The molecule has 28 heavy (non-hydrogen) atoms. The van der Waals surface area contributed by atoms with E-state index in [0.717, 1.165) is 37.0 Å². The molecule has 0 spiro atoms. The standard InChI is InChI=1S/C27H42O/c1-19(2)8-6-9-21(4)25-15-16-26-22(10-7-17-27(25,26)5)12-13-23-18-24(28)14-11-20(23)3/h8,12-13,21,24-26,28H,3,6-7,9-11,14-18H2,1-2,4-5H3/b22-12+,23-13-/t21-,24+,25-,26+,27-/m1/s1. The first-order chi connectivity index (χ1) is 13.3. The van der Waals surface area contributed by atoms with Crippen molar-refractivity contribution in [1.29, 1.82) is 0 Å². The molecule has 3 saturated carbocycles. The molecule has 3 aliphatic carbocycles. The van der Waals surface area contributed by atoms with Gasteiger partial charge in [-0.2, -0.15) is 0 Å². The Bertz CT molecular complexity index is 660. The Morgan fingerprint density at radius 2 is 2.00 bits per heavy atom. The number of aliphatic hydroxyl groups excluding tert-OH is 1. The van der Waals surface area contributed by atoms with Crippen molar-refractivity contribution in [3.05, 3.63) is 47.1 Å². The highest BCUT2D eigenvalue weighted by Crippen LogP contribution is 2.59. The van der Waals surface area contributed by atoms with Crippen molar-refractivity contribution in [3.8, 4) is 0 Å². The van der Waals surface area contributed by atoms with Crippen molar-refractivity contribution in [2.24, 2.45) is 23.2 Å². The maximum atomic E-state index is 10.0. The van der Waals surface area contributed by atoms with E-state index in [0.29, 0.717) is 5.41 Å². The summed E-state index contributed by atoms with van der Waals surface area (Å²) in [4.78, 5) is 0. The molecule has 0 aliphatic heterocycles. The first-order valence-electron chi connectivity index (χ1n) is 11.7. The summed E-state index contributed by atoms with van der Waals surface area (Å²) < 4.78 is 0. The zero-order chi connectivity index (χ0) is 20.3. The predicted octanol–water partition coefficient (Wildman–Crippen LogP) is 7.54. The first-order valence-corrected chi connectivity index (χ1v) is 11.7. The highest BCUT2D eigenvalue weighted by atomic mass is 16.3. The summed E-state index contributed by atoms with van der Waals surface area (Å²) >= 11 is 0. The Labute approximate surface area is 173 Å². The van der Waals surface area contributed by atoms with Crippen molar-refractivity contribution in [2.75, 3.05) is 0 Å².